The van der Waals surface area contributed by atoms with E-state index in [0.29, 0.717) is 18.1 Å². The van der Waals surface area contributed by atoms with Gasteiger partial charge in [0, 0.05) is 5.56 Å². The van der Waals surface area contributed by atoms with Crippen LogP contribution in [0.4, 0.5) is 8.78 Å². The molecule has 0 aromatic heterocycles. The molecule has 132 valence electrons. The van der Waals surface area contributed by atoms with E-state index in [1.54, 1.807) is 6.07 Å². The summed E-state index contributed by atoms with van der Waals surface area (Å²) in [4.78, 5) is 11.9. The van der Waals surface area contributed by atoms with Crippen LogP contribution in [0.1, 0.15) is 30.1 Å². The van der Waals surface area contributed by atoms with E-state index in [1.165, 1.54) is 19.2 Å². The molecule has 0 atom stereocenters. The minimum Gasteiger partial charge on any atom is -0.493 e. The van der Waals surface area contributed by atoms with Crippen LogP contribution < -0.4 is 20.5 Å². The van der Waals surface area contributed by atoms with E-state index >= 15 is 0 Å². The first kappa shape index (κ1) is 21.4. The van der Waals surface area contributed by atoms with E-state index in [2.05, 4.69) is 5.32 Å². The topological polar surface area (TPSA) is 73.6 Å². The Morgan fingerprint density at radius 3 is 2.61 bits per heavy atom. The molecule has 1 aromatic rings. The van der Waals surface area contributed by atoms with E-state index in [-0.39, 0.29) is 18.0 Å². The lowest BCUT2D eigenvalue weighted by Crippen LogP contribution is -2.41. The molecule has 0 fully saturated rings. The summed E-state index contributed by atoms with van der Waals surface area (Å²) in [6, 6.07) is 4.54. The Bertz CT molecular complexity index is 502. The van der Waals surface area contributed by atoms with Crippen LogP contribution in [0.25, 0.3) is 0 Å². The van der Waals surface area contributed by atoms with Crippen molar-refractivity contribution in [3.05, 3.63) is 23.8 Å². The number of nitrogens with two attached hydrogens (primary N) is 1. The third-order valence-electron chi connectivity index (χ3n) is 2.99. The van der Waals surface area contributed by atoms with Gasteiger partial charge in [-0.25, -0.2) is 8.78 Å². The minimum absolute atomic E-state index is 0. The molecular formula is C15H23ClF2N2O3. The molecular weight excluding hydrogens is 330 g/mol. The summed E-state index contributed by atoms with van der Waals surface area (Å²) in [6.45, 7) is 0.965. The van der Waals surface area contributed by atoms with Gasteiger partial charge in [-0.05, 0) is 24.6 Å². The molecule has 0 unspecified atom stereocenters. The van der Waals surface area contributed by atoms with Crippen LogP contribution in [0.3, 0.4) is 0 Å². The highest BCUT2D eigenvalue weighted by Crippen LogP contribution is 2.28. The third kappa shape index (κ3) is 7.00. The Morgan fingerprint density at radius 1 is 1.35 bits per heavy atom. The van der Waals surface area contributed by atoms with Crippen LogP contribution in [-0.2, 0) is 0 Å². The first-order valence-corrected chi connectivity index (χ1v) is 7.10. The van der Waals surface area contributed by atoms with Gasteiger partial charge in [-0.3, -0.25) is 4.79 Å². The summed E-state index contributed by atoms with van der Waals surface area (Å²) in [5.74, 6) is -2.84. The zero-order valence-corrected chi connectivity index (χ0v) is 14.1. The molecule has 0 aliphatic rings. The predicted octanol–water partition coefficient (Wildman–Crippen LogP) is 2.62. The second kappa shape index (κ2) is 10.2. The van der Waals surface area contributed by atoms with Crippen LogP contribution >= 0.6 is 12.4 Å². The van der Waals surface area contributed by atoms with Gasteiger partial charge in [-0.15, -0.1) is 12.4 Å². The van der Waals surface area contributed by atoms with Gasteiger partial charge in [0.15, 0.2) is 11.5 Å². The predicted molar refractivity (Wildman–Crippen MR) is 87.0 cm³/mol. The molecule has 5 nitrogen and oxygen atoms in total. The van der Waals surface area contributed by atoms with Gasteiger partial charge in [-0.2, -0.15) is 0 Å². The standard InChI is InChI=1S/C15H22F2N2O3.ClH/c1-3-4-7-22-12-6-5-11(8-13(12)21-2)14(20)19-10-15(16,17)9-18;/h5-6,8H,3-4,7,9-10,18H2,1-2H3,(H,19,20);1H. The van der Waals surface area contributed by atoms with Crippen LogP contribution in [0.5, 0.6) is 11.5 Å². The van der Waals surface area contributed by atoms with Gasteiger partial charge >= 0.3 is 0 Å². The maximum atomic E-state index is 13.0. The smallest absolute Gasteiger partial charge is 0.277 e. The van der Waals surface area contributed by atoms with Gasteiger partial charge in [0.05, 0.1) is 26.8 Å². The number of ether oxygens (including phenoxy) is 2. The SMILES string of the molecule is CCCCOc1ccc(C(=O)NCC(F)(F)CN)cc1OC.Cl. The number of amides is 1. The fourth-order valence-corrected chi connectivity index (χ4v) is 1.64. The molecule has 0 aliphatic carbocycles. The average molecular weight is 353 g/mol. The lowest BCUT2D eigenvalue weighted by molar-refractivity contribution is 0.0118. The molecule has 0 radical (unpaired) electrons. The number of carbonyl (C=O) groups excluding carboxylic acids is 1. The first-order valence-electron chi connectivity index (χ1n) is 7.10. The maximum absolute atomic E-state index is 13.0. The fourth-order valence-electron chi connectivity index (χ4n) is 1.64. The molecule has 23 heavy (non-hydrogen) atoms. The molecule has 0 saturated carbocycles. The highest BCUT2D eigenvalue weighted by molar-refractivity contribution is 5.94. The summed E-state index contributed by atoms with van der Waals surface area (Å²) in [6.07, 6.45) is 1.90. The molecule has 1 amide bonds. The Kier molecular flexibility index (Phi) is 9.52. The number of benzene rings is 1. The molecule has 0 bridgehead atoms. The number of halogens is 3. The second-order valence-electron chi connectivity index (χ2n) is 4.81. The van der Waals surface area contributed by atoms with Crippen molar-refractivity contribution >= 4 is 18.3 Å². The Balaban J connectivity index is 0.00000484. The monoisotopic (exact) mass is 352 g/mol. The highest BCUT2D eigenvalue weighted by atomic mass is 35.5. The lowest BCUT2D eigenvalue weighted by atomic mass is 10.2. The number of hydrogen-bond acceptors (Lipinski definition) is 4. The summed E-state index contributed by atoms with van der Waals surface area (Å²) in [5, 5.41) is 2.15. The van der Waals surface area contributed by atoms with E-state index < -0.39 is 24.9 Å². The average Bonchev–Trinajstić information content (AvgIpc) is 2.53. The number of alkyl halides is 2. The fraction of sp³-hybridized carbons (Fsp3) is 0.533. The van der Waals surface area contributed by atoms with Crippen molar-refractivity contribution in [3.63, 3.8) is 0 Å². The van der Waals surface area contributed by atoms with Gasteiger partial charge in [0.2, 0.25) is 0 Å². The first-order chi connectivity index (χ1) is 10.4. The molecule has 0 spiro atoms. The molecule has 8 heteroatoms. The van der Waals surface area contributed by atoms with Crippen molar-refractivity contribution in [1.82, 2.24) is 5.32 Å². The van der Waals surface area contributed by atoms with Gasteiger partial charge in [-0.1, -0.05) is 13.3 Å². The number of methoxy groups -OCH3 is 1. The quantitative estimate of drug-likeness (QED) is 0.670. The molecule has 3 N–H and O–H groups in total. The van der Waals surface area contributed by atoms with Crippen LogP contribution in [0, 0.1) is 0 Å². The van der Waals surface area contributed by atoms with Crippen LogP contribution in [-0.4, -0.2) is 38.6 Å². The Morgan fingerprint density at radius 2 is 2.04 bits per heavy atom. The van der Waals surface area contributed by atoms with Crippen LogP contribution in [0.2, 0.25) is 0 Å². The third-order valence-corrected chi connectivity index (χ3v) is 2.99. The maximum Gasteiger partial charge on any atom is 0.277 e. The van der Waals surface area contributed by atoms with Gasteiger partial charge in [0.1, 0.15) is 0 Å². The zero-order chi connectivity index (χ0) is 16.6. The van der Waals surface area contributed by atoms with Crippen molar-refractivity contribution in [2.24, 2.45) is 5.73 Å². The summed E-state index contributed by atoms with van der Waals surface area (Å²) >= 11 is 0. The summed E-state index contributed by atoms with van der Waals surface area (Å²) < 4.78 is 36.8. The summed E-state index contributed by atoms with van der Waals surface area (Å²) in [7, 11) is 1.45. The Hall–Kier alpha value is -1.60. The molecule has 0 heterocycles. The van der Waals surface area contributed by atoms with Crippen molar-refractivity contribution in [2.75, 3.05) is 26.8 Å². The van der Waals surface area contributed by atoms with Crippen molar-refractivity contribution in [2.45, 2.75) is 25.7 Å². The molecule has 1 aromatic carbocycles. The lowest BCUT2D eigenvalue weighted by Gasteiger charge is -2.15. The van der Waals surface area contributed by atoms with Crippen molar-refractivity contribution in [3.8, 4) is 11.5 Å². The van der Waals surface area contributed by atoms with Gasteiger partial charge in [0.25, 0.3) is 11.8 Å². The van der Waals surface area contributed by atoms with Crippen molar-refractivity contribution in [1.29, 1.82) is 0 Å². The zero-order valence-electron chi connectivity index (χ0n) is 13.2. The van der Waals surface area contributed by atoms with E-state index in [1.807, 2.05) is 6.92 Å². The highest BCUT2D eigenvalue weighted by Gasteiger charge is 2.27. The van der Waals surface area contributed by atoms with E-state index in [9.17, 15) is 13.6 Å². The van der Waals surface area contributed by atoms with Crippen molar-refractivity contribution < 1.29 is 23.0 Å². The molecule has 1 rings (SSSR count). The number of carbonyl (C=O) groups is 1. The second-order valence-corrected chi connectivity index (χ2v) is 4.81. The van der Waals surface area contributed by atoms with Crippen LogP contribution in [0.15, 0.2) is 18.2 Å². The number of nitrogens with one attached hydrogen (secondary N) is 1. The summed E-state index contributed by atoms with van der Waals surface area (Å²) in [5.41, 5.74) is 5.13. The van der Waals surface area contributed by atoms with E-state index in [4.69, 9.17) is 15.2 Å². The molecule has 0 aliphatic heterocycles. The Labute approximate surface area is 140 Å². The van der Waals surface area contributed by atoms with Gasteiger partial charge < -0.3 is 20.5 Å². The number of unbranched alkanes of at least 4 members (excludes halogenated alkanes) is 1. The minimum atomic E-state index is -3.12. The molecule has 0 saturated heterocycles. The largest absolute Gasteiger partial charge is 0.493 e. The number of rotatable bonds is 9. The number of hydrogen-bond donors (Lipinski definition) is 2. The van der Waals surface area contributed by atoms with E-state index in [0.717, 1.165) is 12.8 Å². The normalized spacial score (nSPS) is 10.7.